The van der Waals surface area contributed by atoms with E-state index in [4.69, 9.17) is 9.15 Å². The van der Waals surface area contributed by atoms with Gasteiger partial charge in [-0.2, -0.15) is 0 Å². The van der Waals surface area contributed by atoms with Crippen LogP contribution in [0.2, 0.25) is 0 Å². The molecular weight excluding hydrogens is 588 g/mol. The van der Waals surface area contributed by atoms with Crippen molar-refractivity contribution in [1.29, 1.82) is 0 Å². The minimum absolute atomic E-state index is 0.00666. The van der Waals surface area contributed by atoms with E-state index in [1.54, 1.807) is 38.4 Å². The van der Waals surface area contributed by atoms with Crippen molar-refractivity contribution in [3.05, 3.63) is 120 Å². The molecule has 1 aliphatic heterocycles. The van der Waals surface area contributed by atoms with Gasteiger partial charge in [-0.3, -0.25) is 9.29 Å². The van der Waals surface area contributed by atoms with Gasteiger partial charge in [0.05, 0.1) is 28.9 Å². The minimum Gasteiger partial charge on any atom is -0.460 e. The van der Waals surface area contributed by atoms with Crippen molar-refractivity contribution in [3.8, 4) is 0 Å². The van der Waals surface area contributed by atoms with Crippen LogP contribution in [0.4, 0.5) is 11.4 Å². The molecule has 0 amide bonds. The molecule has 0 radical (unpaired) electrons. The molecule has 0 bridgehead atoms. The van der Waals surface area contributed by atoms with Crippen LogP contribution in [0.25, 0.3) is 11.0 Å². The highest BCUT2D eigenvalue weighted by Crippen LogP contribution is 2.39. The SMILES string of the molecule is CCOC(=O)c1oc2ccc(S(=O)(=O)N(CCc3ccccc3)c3ccccc3N3CCNCC3c3ccncc3)cc2c1C. The molecule has 3 aromatic carbocycles. The Morgan fingerprint density at radius 1 is 1.04 bits per heavy atom. The van der Waals surface area contributed by atoms with Crippen LogP contribution in [-0.2, 0) is 21.2 Å². The number of anilines is 2. The summed E-state index contributed by atoms with van der Waals surface area (Å²) in [7, 11) is -4.07. The van der Waals surface area contributed by atoms with E-state index >= 15 is 0 Å². The number of esters is 1. The lowest BCUT2D eigenvalue weighted by Gasteiger charge is -2.40. The Labute approximate surface area is 263 Å². The number of hydrogen-bond donors (Lipinski definition) is 1. The smallest absolute Gasteiger partial charge is 0.374 e. The average Bonchev–Trinajstić information content (AvgIpc) is 3.41. The van der Waals surface area contributed by atoms with E-state index in [2.05, 4.69) is 15.2 Å². The lowest BCUT2D eigenvalue weighted by Crippen LogP contribution is -2.47. The Hall–Kier alpha value is -4.67. The Balaban J connectivity index is 1.45. The highest BCUT2D eigenvalue weighted by Gasteiger charge is 2.32. The summed E-state index contributed by atoms with van der Waals surface area (Å²) in [5, 5.41) is 4.04. The normalized spacial score (nSPS) is 15.2. The van der Waals surface area contributed by atoms with Crippen LogP contribution in [0, 0.1) is 6.92 Å². The second-order valence-electron chi connectivity index (χ2n) is 10.9. The first-order valence-corrected chi connectivity index (χ1v) is 16.6. The van der Waals surface area contributed by atoms with Crippen molar-refractivity contribution in [3.63, 3.8) is 0 Å². The number of furan rings is 1. The summed E-state index contributed by atoms with van der Waals surface area (Å²) in [6.45, 7) is 6.09. The maximum atomic E-state index is 14.7. The number of aromatic nitrogens is 1. The van der Waals surface area contributed by atoms with Gasteiger partial charge in [0.2, 0.25) is 5.76 Å². The summed E-state index contributed by atoms with van der Waals surface area (Å²) in [5.41, 5.74) is 4.54. The van der Waals surface area contributed by atoms with E-state index in [1.165, 1.54) is 10.4 Å². The molecule has 1 unspecified atom stereocenters. The Bertz CT molecular complexity index is 1890. The second-order valence-corrected chi connectivity index (χ2v) is 12.8. The molecule has 1 fully saturated rings. The Morgan fingerprint density at radius 2 is 1.80 bits per heavy atom. The molecule has 232 valence electrons. The van der Waals surface area contributed by atoms with E-state index in [0.717, 1.165) is 23.4 Å². The number of benzene rings is 3. The summed E-state index contributed by atoms with van der Waals surface area (Å²) in [6.07, 6.45) is 4.09. The standard InChI is InChI=1S/C35H36N4O5S/c1-3-43-35(40)34-25(2)29-23-28(13-14-33(29)44-34)45(41,42)39(21-17-26-9-5-4-6-10-26)31-12-8-7-11-30(31)38-22-20-37-24-32(38)27-15-18-36-19-16-27/h4-16,18-19,23,32,37H,3,17,20-22,24H2,1-2H3. The van der Waals surface area contributed by atoms with Crippen LogP contribution >= 0.6 is 0 Å². The molecule has 1 saturated heterocycles. The highest BCUT2D eigenvalue weighted by atomic mass is 32.2. The van der Waals surface area contributed by atoms with Crippen molar-refractivity contribution in [2.24, 2.45) is 0 Å². The van der Waals surface area contributed by atoms with E-state index in [-0.39, 0.29) is 29.8 Å². The minimum atomic E-state index is -4.07. The van der Waals surface area contributed by atoms with Gasteiger partial charge in [-0.15, -0.1) is 0 Å². The summed E-state index contributed by atoms with van der Waals surface area (Å²) in [6, 6.07) is 26.3. The molecule has 0 spiro atoms. The summed E-state index contributed by atoms with van der Waals surface area (Å²) in [4.78, 5) is 19.1. The van der Waals surface area contributed by atoms with Crippen LogP contribution in [0.5, 0.6) is 0 Å². The molecule has 2 aromatic heterocycles. The van der Waals surface area contributed by atoms with Crippen molar-refractivity contribution < 1.29 is 22.4 Å². The number of pyridine rings is 1. The first-order chi connectivity index (χ1) is 21.9. The van der Waals surface area contributed by atoms with Crippen molar-refractivity contribution in [2.75, 3.05) is 42.0 Å². The molecule has 6 rings (SSSR count). The lowest BCUT2D eigenvalue weighted by atomic mass is 10.0. The molecule has 3 heterocycles. The van der Waals surface area contributed by atoms with E-state index in [1.807, 2.05) is 66.7 Å². The van der Waals surface area contributed by atoms with Crippen LogP contribution in [0.15, 0.2) is 107 Å². The zero-order chi connectivity index (χ0) is 31.4. The summed E-state index contributed by atoms with van der Waals surface area (Å²) >= 11 is 0. The van der Waals surface area contributed by atoms with Gasteiger partial charge in [0.15, 0.2) is 0 Å². The van der Waals surface area contributed by atoms with Crippen LogP contribution < -0.4 is 14.5 Å². The number of nitrogens with one attached hydrogen (secondary N) is 1. The van der Waals surface area contributed by atoms with Crippen molar-refractivity contribution in [2.45, 2.75) is 31.2 Å². The molecule has 45 heavy (non-hydrogen) atoms. The molecule has 1 atom stereocenters. The summed E-state index contributed by atoms with van der Waals surface area (Å²) in [5.74, 6) is -0.498. The third-order valence-corrected chi connectivity index (χ3v) is 10.0. The molecule has 1 N–H and O–H groups in total. The fraction of sp³-hybridized carbons (Fsp3) is 0.257. The van der Waals surface area contributed by atoms with Crippen molar-refractivity contribution in [1.82, 2.24) is 10.3 Å². The zero-order valence-electron chi connectivity index (χ0n) is 25.3. The predicted molar refractivity (Wildman–Crippen MR) is 175 cm³/mol. The first kappa shape index (κ1) is 30.4. The summed E-state index contributed by atoms with van der Waals surface area (Å²) < 4.78 is 41.9. The molecule has 0 saturated carbocycles. The van der Waals surface area contributed by atoms with Crippen molar-refractivity contribution >= 4 is 38.3 Å². The maximum Gasteiger partial charge on any atom is 0.374 e. The van der Waals surface area contributed by atoms with E-state index in [9.17, 15) is 13.2 Å². The average molecular weight is 625 g/mol. The van der Waals surface area contributed by atoms with Crippen LogP contribution in [0.3, 0.4) is 0 Å². The van der Waals surface area contributed by atoms with Gasteiger partial charge in [0.1, 0.15) is 5.58 Å². The van der Waals surface area contributed by atoms with Gasteiger partial charge in [0.25, 0.3) is 10.0 Å². The predicted octanol–water partition coefficient (Wildman–Crippen LogP) is 5.90. The fourth-order valence-electron chi connectivity index (χ4n) is 5.92. The number of ether oxygens (including phenoxy) is 1. The monoisotopic (exact) mass is 624 g/mol. The number of aryl methyl sites for hydroxylation is 1. The van der Waals surface area contributed by atoms with Gasteiger partial charge in [-0.25, -0.2) is 13.2 Å². The van der Waals surface area contributed by atoms with Gasteiger partial charge in [0, 0.05) is 49.5 Å². The maximum absolute atomic E-state index is 14.7. The topological polar surface area (TPSA) is 105 Å². The van der Waals surface area contributed by atoms with Crippen LogP contribution in [0.1, 0.15) is 40.2 Å². The highest BCUT2D eigenvalue weighted by molar-refractivity contribution is 7.92. The number of sulfonamides is 1. The third-order valence-electron chi connectivity index (χ3n) is 8.20. The van der Waals surface area contributed by atoms with Gasteiger partial charge in [-0.05, 0) is 73.9 Å². The number of carbonyl (C=O) groups is 1. The fourth-order valence-corrected chi connectivity index (χ4v) is 7.42. The van der Waals surface area contributed by atoms with Gasteiger partial charge in [-0.1, -0.05) is 42.5 Å². The molecule has 0 aliphatic carbocycles. The number of rotatable bonds is 10. The molecule has 9 nitrogen and oxygen atoms in total. The zero-order valence-corrected chi connectivity index (χ0v) is 26.2. The van der Waals surface area contributed by atoms with Gasteiger partial charge >= 0.3 is 5.97 Å². The molecule has 5 aromatic rings. The van der Waals surface area contributed by atoms with Crippen LogP contribution in [-0.4, -0.2) is 52.2 Å². The number of nitrogens with zero attached hydrogens (tertiary/aromatic N) is 3. The quantitative estimate of drug-likeness (QED) is 0.192. The number of carbonyl (C=O) groups excluding carboxylic acids is 1. The van der Waals surface area contributed by atoms with E-state index < -0.39 is 16.0 Å². The molecule has 10 heteroatoms. The Morgan fingerprint density at radius 3 is 2.58 bits per heavy atom. The molecule has 1 aliphatic rings. The Kier molecular flexibility index (Phi) is 8.86. The number of fused-ring (bicyclic) bond motifs is 1. The largest absolute Gasteiger partial charge is 0.460 e. The second kappa shape index (κ2) is 13.1. The number of hydrogen-bond acceptors (Lipinski definition) is 8. The van der Waals surface area contributed by atoms with Gasteiger partial charge < -0.3 is 19.4 Å². The first-order valence-electron chi connectivity index (χ1n) is 15.1. The number of piperazine rings is 1. The third kappa shape index (κ3) is 6.16. The lowest BCUT2D eigenvalue weighted by molar-refractivity contribution is 0.0491. The molecular formula is C35H36N4O5S. The van der Waals surface area contributed by atoms with E-state index in [0.29, 0.717) is 41.7 Å². The number of para-hydroxylation sites is 2.